The minimum atomic E-state index is -0.0669. The van der Waals surface area contributed by atoms with Gasteiger partial charge in [-0.2, -0.15) is 0 Å². The van der Waals surface area contributed by atoms with Crippen LogP contribution < -0.4 is 4.74 Å². The molecule has 5 heteroatoms. The molecule has 2 aromatic carbocycles. The minimum absolute atomic E-state index is 0.0201. The average Bonchev–Trinajstić information content (AvgIpc) is 3.20. The molecule has 4 rings (SSSR count). The molecule has 0 amide bonds. The first-order valence-electron chi connectivity index (χ1n) is 8.48. The molecular formula is C20H22O5. The van der Waals surface area contributed by atoms with Gasteiger partial charge in [-0.15, -0.1) is 0 Å². The lowest BCUT2D eigenvalue weighted by Gasteiger charge is -2.18. The van der Waals surface area contributed by atoms with Crippen molar-refractivity contribution in [3.63, 3.8) is 0 Å². The molecule has 0 unspecified atom stereocenters. The third kappa shape index (κ3) is 2.73. The zero-order valence-corrected chi connectivity index (χ0v) is 14.3. The normalized spacial score (nSPS) is 28.1. The number of phenols is 2. The maximum absolute atomic E-state index is 9.79. The Morgan fingerprint density at radius 2 is 1.44 bits per heavy atom. The fourth-order valence-electron chi connectivity index (χ4n) is 3.96. The number of hydrogen-bond acceptors (Lipinski definition) is 5. The Balaban J connectivity index is 1.58. The van der Waals surface area contributed by atoms with Crippen molar-refractivity contribution in [2.45, 2.75) is 19.1 Å². The molecule has 25 heavy (non-hydrogen) atoms. The van der Waals surface area contributed by atoms with Gasteiger partial charge in [-0.05, 0) is 47.9 Å². The maximum Gasteiger partial charge on any atom is 0.160 e. The molecule has 132 valence electrons. The van der Waals surface area contributed by atoms with Gasteiger partial charge in [0, 0.05) is 11.8 Å². The molecule has 0 radical (unpaired) electrons. The minimum Gasteiger partial charge on any atom is -0.508 e. The molecule has 0 aliphatic carbocycles. The quantitative estimate of drug-likeness (QED) is 0.894. The van der Waals surface area contributed by atoms with Gasteiger partial charge >= 0.3 is 0 Å². The molecule has 0 spiro atoms. The van der Waals surface area contributed by atoms with Crippen molar-refractivity contribution in [3.05, 3.63) is 53.1 Å². The number of fused-ring (bicyclic) bond motifs is 1. The third-order valence-electron chi connectivity index (χ3n) is 5.35. The number of methoxy groups -OCH3 is 1. The molecule has 4 atom stereocenters. The van der Waals surface area contributed by atoms with Crippen molar-refractivity contribution >= 4 is 0 Å². The van der Waals surface area contributed by atoms with Gasteiger partial charge in [0.1, 0.15) is 5.75 Å². The average molecular weight is 342 g/mol. The van der Waals surface area contributed by atoms with Crippen LogP contribution in [0.15, 0.2) is 36.4 Å². The van der Waals surface area contributed by atoms with Crippen LogP contribution in [-0.2, 0) is 9.47 Å². The van der Waals surface area contributed by atoms with Gasteiger partial charge in [0.2, 0.25) is 0 Å². The Morgan fingerprint density at radius 1 is 0.880 bits per heavy atom. The van der Waals surface area contributed by atoms with E-state index in [0.29, 0.717) is 24.7 Å². The summed E-state index contributed by atoms with van der Waals surface area (Å²) in [5.41, 5.74) is 2.92. The molecule has 2 fully saturated rings. The predicted molar refractivity (Wildman–Crippen MR) is 91.9 cm³/mol. The van der Waals surface area contributed by atoms with Crippen LogP contribution in [0.3, 0.4) is 0 Å². The van der Waals surface area contributed by atoms with Crippen molar-refractivity contribution in [2.24, 2.45) is 11.8 Å². The van der Waals surface area contributed by atoms with Crippen LogP contribution in [0.2, 0.25) is 0 Å². The van der Waals surface area contributed by atoms with Crippen molar-refractivity contribution in [2.75, 3.05) is 20.3 Å². The molecule has 5 nitrogen and oxygen atoms in total. The number of aromatic hydroxyl groups is 2. The highest BCUT2D eigenvalue weighted by molar-refractivity contribution is 5.43. The summed E-state index contributed by atoms with van der Waals surface area (Å²) in [6.45, 7) is 3.15. The zero-order chi connectivity index (χ0) is 17.6. The number of hydrogen-bond donors (Lipinski definition) is 2. The highest BCUT2D eigenvalue weighted by Crippen LogP contribution is 2.51. The lowest BCUT2D eigenvalue weighted by Crippen LogP contribution is -2.14. The summed E-state index contributed by atoms with van der Waals surface area (Å²) in [7, 11) is 1.54. The number of rotatable bonds is 3. The van der Waals surface area contributed by atoms with Crippen molar-refractivity contribution < 1.29 is 24.4 Å². The van der Waals surface area contributed by atoms with E-state index in [1.165, 1.54) is 0 Å². The van der Waals surface area contributed by atoms with Gasteiger partial charge in [-0.3, -0.25) is 0 Å². The van der Waals surface area contributed by atoms with Crippen molar-refractivity contribution in [1.29, 1.82) is 0 Å². The van der Waals surface area contributed by atoms with E-state index >= 15 is 0 Å². The summed E-state index contributed by atoms with van der Waals surface area (Å²) >= 11 is 0. The Hall–Kier alpha value is -2.24. The van der Waals surface area contributed by atoms with Crippen LogP contribution >= 0.6 is 0 Å². The summed E-state index contributed by atoms with van der Waals surface area (Å²) < 4.78 is 17.4. The Morgan fingerprint density at radius 3 is 2.00 bits per heavy atom. The second kappa shape index (κ2) is 6.24. The fraction of sp³-hybridized carbons (Fsp3) is 0.400. The van der Waals surface area contributed by atoms with E-state index in [0.717, 1.165) is 16.7 Å². The van der Waals surface area contributed by atoms with E-state index in [1.807, 2.05) is 31.2 Å². The zero-order valence-electron chi connectivity index (χ0n) is 14.3. The molecule has 0 bridgehead atoms. The van der Waals surface area contributed by atoms with Gasteiger partial charge < -0.3 is 24.4 Å². The van der Waals surface area contributed by atoms with E-state index in [9.17, 15) is 10.2 Å². The topological polar surface area (TPSA) is 68.2 Å². The summed E-state index contributed by atoms with van der Waals surface area (Å²) in [5, 5.41) is 19.5. The van der Waals surface area contributed by atoms with Gasteiger partial charge in [-0.1, -0.05) is 12.1 Å². The molecule has 0 aromatic heterocycles. The van der Waals surface area contributed by atoms with Crippen LogP contribution in [0.25, 0.3) is 0 Å². The van der Waals surface area contributed by atoms with Crippen LogP contribution in [0, 0.1) is 18.8 Å². The van der Waals surface area contributed by atoms with E-state index in [2.05, 4.69) is 0 Å². The lowest BCUT2D eigenvalue weighted by atomic mass is 9.84. The van der Waals surface area contributed by atoms with Crippen molar-refractivity contribution in [3.8, 4) is 17.2 Å². The van der Waals surface area contributed by atoms with Crippen LogP contribution in [0.1, 0.15) is 28.9 Å². The monoisotopic (exact) mass is 342 g/mol. The van der Waals surface area contributed by atoms with E-state index in [1.54, 1.807) is 19.2 Å². The van der Waals surface area contributed by atoms with E-state index < -0.39 is 0 Å². The highest BCUT2D eigenvalue weighted by atomic mass is 16.5. The predicted octanol–water partition coefficient (Wildman–Crippen LogP) is 3.49. The molecule has 2 aromatic rings. The van der Waals surface area contributed by atoms with E-state index in [-0.39, 0.29) is 29.8 Å². The lowest BCUT2D eigenvalue weighted by molar-refractivity contribution is 0.0192. The number of aryl methyl sites for hydroxylation is 1. The Bertz CT molecular complexity index is 788. The van der Waals surface area contributed by atoms with E-state index in [4.69, 9.17) is 14.2 Å². The summed E-state index contributed by atoms with van der Waals surface area (Å²) in [6.07, 6.45) is -0.0870. The largest absolute Gasteiger partial charge is 0.508 e. The smallest absolute Gasteiger partial charge is 0.160 e. The molecule has 2 aliphatic heterocycles. The molecular weight excluding hydrogens is 320 g/mol. The summed E-state index contributed by atoms with van der Waals surface area (Å²) in [4.78, 5) is 0. The Kier molecular flexibility index (Phi) is 4.06. The molecule has 0 saturated carbocycles. The van der Waals surface area contributed by atoms with Gasteiger partial charge in [-0.25, -0.2) is 0 Å². The van der Waals surface area contributed by atoms with Crippen LogP contribution in [0.5, 0.6) is 17.2 Å². The third-order valence-corrected chi connectivity index (χ3v) is 5.35. The Labute approximate surface area is 146 Å². The van der Waals surface area contributed by atoms with Gasteiger partial charge in [0.25, 0.3) is 0 Å². The standard InChI is InChI=1S/C20H22O5/c1-11-7-12(3-5-16(11)21)19-14-9-25-20(15(14)10-24-19)13-4-6-17(22)18(8-13)23-2/h3-8,14-15,19-22H,9-10H2,1-2H3/t14-,15-,19+,20+/m0/s1. The number of ether oxygens (including phenoxy) is 3. The SMILES string of the molecule is COc1cc([C@H]2OC[C@H]3[C@@H]2CO[C@@H]3c2ccc(O)c(C)c2)ccc1O. The molecule has 2 heterocycles. The highest BCUT2D eigenvalue weighted by Gasteiger charge is 2.48. The first-order valence-corrected chi connectivity index (χ1v) is 8.48. The molecule has 2 aliphatic rings. The first-order chi connectivity index (χ1) is 12.1. The van der Waals surface area contributed by atoms with Gasteiger partial charge in [0.15, 0.2) is 11.5 Å². The second-order valence-corrected chi connectivity index (χ2v) is 6.81. The number of benzene rings is 2. The fourth-order valence-corrected chi connectivity index (χ4v) is 3.96. The second-order valence-electron chi connectivity index (χ2n) is 6.81. The summed E-state index contributed by atoms with van der Waals surface area (Å²) in [5.74, 6) is 1.41. The molecule has 2 saturated heterocycles. The van der Waals surface area contributed by atoms with Crippen LogP contribution in [-0.4, -0.2) is 30.5 Å². The molecule has 2 N–H and O–H groups in total. The summed E-state index contributed by atoms with van der Waals surface area (Å²) in [6, 6.07) is 11.0. The van der Waals surface area contributed by atoms with Crippen molar-refractivity contribution in [1.82, 2.24) is 0 Å². The first kappa shape index (κ1) is 16.2. The number of phenolic OH excluding ortho intramolecular Hbond substituents is 2. The maximum atomic E-state index is 9.79. The van der Waals surface area contributed by atoms with Crippen LogP contribution in [0.4, 0.5) is 0 Å². The van der Waals surface area contributed by atoms with Gasteiger partial charge in [0.05, 0.1) is 32.5 Å².